The van der Waals surface area contributed by atoms with Gasteiger partial charge in [-0.2, -0.15) is 0 Å². The lowest BCUT2D eigenvalue weighted by atomic mass is 10.1. The molecule has 2 aliphatic heterocycles. The zero-order chi connectivity index (χ0) is 12.5. The maximum atomic E-state index is 11.4. The molecule has 0 N–H and O–H groups in total. The molecule has 2 aliphatic rings. The Morgan fingerprint density at radius 1 is 0.944 bits per heavy atom. The Labute approximate surface area is 104 Å². The molecule has 3 rings (SSSR count). The largest absolute Gasteiger partial charge is 0.370 e. The average molecular weight is 243 g/mol. The SMILES string of the molecule is O=C1N=c2cccc(N3CCCCC3)c2=NC1=O. The Balaban J connectivity index is 2.15. The second kappa shape index (κ2) is 4.33. The quantitative estimate of drug-likeness (QED) is 0.651. The lowest BCUT2D eigenvalue weighted by Crippen LogP contribution is -2.41. The van der Waals surface area contributed by atoms with Crippen LogP contribution in [-0.2, 0) is 9.59 Å². The van der Waals surface area contributed by atoms with Gasteiger partial charge in [-0.1, -0.05) is 6.07 Å². The summed E-state index contributed by atoms with van der Waals surface area (Å²) >= 11 is 0. The van der Waals surface area contributed by atoms with Gasteiger partial charge in [0.25, 0.3) is 0 Å². The summed E-state index contributed by atoms with van der Waals surface area (Å²) in [5, 5.41) is 1.05. The number of amides is 2. The van der Waals surface area contributed by atoms with Crippen molar-refractivity contribution in [2.75, 3.05) is 18.0 Å². The summed E-state index contributed by atoms with van der Waals surface area (Å²) in [4.78, 5) is 32.4. The molecular weight excluding hydrogens is 230 g/mol. The van der Waals surface area contributed by atoms with Gasteiger partial charge in [-0.05, 0) is 31.4 Å². The van der Waals surface area contributed by atoms with Gasteiger partial charge in [0.2, 0.25) is 0 Å². The van der Waals surface area contributed by atoms with Crippen LogP contribution in [0, 0.1) is 0 Å². The smallest absolute Gasteiger partial charge is 0.338 e. The van der Waals surface area contributed by atoms with E-state index in [0.29, 0.717) is 10.7 Å². The van der Waals surface area contributed by atoms with Crippen LogP contribution in [0.3, 0.4) is 0 Å². The molecule has 0 aromatic heterocycles. The van der Waals surface area contributed by atoms with Crippen LogP contribution in [0.2, 0.25) is 0 Å². The van der Waals surface area contributed by atoms with Gasteiger partial charge in [-0.3, -0.25) is 9.59 Å². The Morgan fingerprint density at radius 3 is 2.44 bits per heavy atom. The summed E-state index contributed by atoms with van der Waals surface area (Å²) in [6.45, 7) is 1.93. The third-order valence-electron chi connectivity index (χ3n) is 3.31. The second-order valence-corrected chi connectivity index (χ2v) is 4.53. The summed E-state index contributed by atoms with van der Waals surface area (Å²) < 4.78 is 0. The third-order valence-corrected chi connectivity index (χ3v) is 3.31. The summed E-state index contributed by atoms with van der Waals surface area (Å²) in [6, 6.07) is 5.51. The molecule has 1 aromatic carbocycles. The first-order valence-corrected chi connectivity index (χ1v) is 6.15. The Bertz CT molecular complexity index is 630. The third kappa shape index (κ3) is 1.81. The topological polar surface area (TPSA) is 62.1 Å². The number of rotatable bonds is 1. The molecule has 0 radical (unpaired) electrons. The van der Waals surface area contributed by atoms with Crippen LogP contribution in [0.1, 0.15) is 19.3 Å². The van der Waals surface area contributed by atoms with Gasteiger partial charge in [0.05, 0.1) is 11.0 Å². The molecule has 1 aromatic rings. The van der Waals surface area contributed by atoms with E-state index < -0.39 is 11.8 Å². The number of fused-ring (bicyclic) bond motifs is 1. The zero-order valence-electron chi connectivity index (χ0n) is 9.93. The zero-order valence-corrected chi connectivity index (χ0v) is 9.93. The molecule has 1 saturated heterocycles. The number of nitrogens with zero attached hydrogens (tertiary/aromatic N) is 3. The number of carbonyl (C=O) groups is 2. The van der Waals surface area contributed by atoms with E-state index in [9.17, 15) is 9.59 Å². The van der Waals surface area contributed by atoms with Crippen LogP contribution < -0.4 is 15.6 Å². The lowest BCUT2D eigenvalue weighted by molar-refractivity contribution is -0.135. The fourth-order valence-electron chi connectivity index (χ4n) is 2.42. The van der Waals surface area contributed by atoms with E-state index in [2.05, 4.69) is 14.9 Å². The molecule has 0 bridgehead atoms. The predicted molar refractivity (Wildman–Crippen MR) is 64.8 cm³/mol. The Morgan fingerprint density at radius 2 is 1.67 bits per heavy atom. The molecule has 0 spiro atoms. The van der Waals surface area contributed by atoms with Crippen LogP contribution >= 0.6 is 0 Å². The maximum absolute atomic E-state index is 11.4. The number of piperidine rings is 1. The number of benzene rings is 1. The minimum atomic E-state index is -0.779. The van der Waals surface area contributed by atoms with Gasteiger partial charge in [0, 0.05) is 13.1 Å². The van der Waals surface area contributed by atoms with Crippen molar-refractivity contribution in [1.82, 2.24) is 0 Å². The highest BCUT2D eigenvalue weighted by molar-refractivity contribution is 6.36. The van der Waals surface area contributed by atoms with Crippen molar-refractivity contribution in [1.29, 1.82) is 0 Å². The van der Waals surface area contributed by atoms with Crippen molar-refractivity contribution in [2.45, 2.75) is 19.3 Å². The highest BCUT2D eigenvalue weighted by Gasteiger charge is 2.19. The van der Waals surface area contributed by atoms with Crippen LogP contribution in [0.15, 0.2) is 28.2 Å². The second-order valence-electron chi connectivity index (χ2n) is 4.53. The highest BCUT2D eigenvalue weighted by Crippen LogP contribution is 2.15. The molecule has 0 atom stereocenters. The van der Waals surface area contributed by atoms with Crippen LogP contribution in [-0.4, -0.2) is 24.9 Å². The molecule has 0 saturated carbocycles. The number of hydrogen-bond donors (Lipinski definition) is 0. The minimum absolute atomic E-state index is 0.502. The highest BCUT2D eigenvalue weighted by atomic mass is 16.2. The van der Waals surface area contributed by atoms with Gasteiger partial charge in [-0.25, -0.2) is 9.98 Å². The van der Waals surface area contributed by atoms with Crippen LogP contribution in [0.5, 0.6) is 0 Å². The van der Waals surface area contributed by atoms with E-state index in [1.54, 1.807) is 6.07 Å². The summed E-state index contributed by atoms with van der Waals surface area (Å²) in [5.41, 5.74) is 0.914. The van der Waals surface area contributed by atoms with E-state index in [1.165, 1.54) is 6.42 Å². The van der Waals surface area contributed by atoms with Crippen molar-refractivity contribution >= 4 is 17.5 Å². The Kier molecular flexibility index (Phi) is 2.66. The monoisotopic (exact) mass is 243 g/mol. The molecular formula is C13H13N3O2. The first-order chi connectivity index (χ1) is 8.75. The van der Waals surface area contributed by atoms with Gasteiger partial charge >= 0.3 is 11.8 Å². The van der Waals surface area contributed by atoms with Gasteiger partial charge in [-0.15, -0.1) is 0 Å². The molecule has 0 aliphatic carbocycles. The predicted octanol–water partition coefficient (Wildman–Crippen LogP) is -0.0171. The van der Waals surface area contributed by atoms with E-state index in [1.807, 2.05) is 12.1 Å². The molecule has 1 fully saturated rings. The van der Waals surface area contributed by atoms with E-state index in [0.717, 1.165) is 31.6 Å². The minimum Gasteiger partial charge on any atom is -0.370 e. The number of carbonyl (C=O) groups excluding carboxylic acids is 2. The molecule has 5 nitrogen and oxygen atoms in total. The number of hydrogen-bond acceptors (Lipinski definition) is 3. The molecule has 92 valence electrons. The summed E-state index contributed by atoms with van der Waals surface area (Å²) in [5.74, 6) is -1.55. The van der Waals surface area contributed by atoms with Gasteiger partial charge in [0.1, 0.15) is 5.36 Å². The number of anilines is 1. The molecule has 18 heavy (non-hydrogen) atoms. The summed E-state index contributed by atoms with van der Waals surface area (Å²) in [7, 11) is 0. The molecule has 5 heteroatoms. The van der Waals surface area contributed by atoms with Gasteiger partial charge in [0.15, 0.2) is 0 Å². The van der Waals surface area contributed by atoms with Crippen LogP contribution in [0.25, 0.3) is 0 Å². The number of para-hydroxylation sites is 1. The fourth-order valence-corrected chi connectivity index (χ4v) is 2.42. The van der Waals surface area contributed by atoms with Crippen molar-refractivity contribution in [3.05, 3.63) is 28.9 Å². The lowest BCUT2D eigenvalue weighted by Gasteiger charge is -2.28. The van der Waals surface area contributed by atoms with E-state index >= 15 is 0 Å². The van der Waals surface area contributed by atoms with Crippen molar-refractivity contribution in [2.24, 2.45) is 9.98 Å². The summed E-state index contributed by atoms with van der Waals surface area (Å²) in [6.07, 6.45) is 3.53. The average Bonchev–Trinajstić information content (AvgIpc) is 2.40. The molecule has 2 amide bonds. The van der Waals surface area contributed by atoms with E-state index in [-0.39, 0.29) is 0 Å². The van der Waals surface area contributed by atoms with Crippen molar-refractivity contribution < 1.29 is 9.59 Å². The van der Waals surface area contributed by atoms with Crippen molar-refractivity contribution in [3.8, 4) is 0 Å². The first kappa shape index (κ1) is 11.1. The first-order valence-electron chi connectivity index (χ1n) is 6.15. The molecule has 0 unspecified atom stereocenters. The normalized spacial score (nSPS) is 19.0. The van der Waals surface area contributed by atoms with Gasteiger partial charge < -0.3 is 4.90 Å². The standard InChI is InChI=1S/C13H13N3O2/c17-12-13(18)15-11-9(14-12)5-4-6-10(11)16-7-2-1-3-8-16/h4-6H,1-3,7-8H2. The van der Waals surface area contributed by atoms with Crippen molar-refractivity contribution in [3.63, 3.8) is 0 Å². The van der Waals surface area contributed by atoms with E-state index in [4.69, 9.17) is 0 Å². The molecule has 2 heterocycles. The Hall–Kier alpha value is -2.04. The fraction of sp³-hybridized carbons (Fsp3) is 0.385. The maximum Gasteiger partial charge on any atom is 0.338 e. The van der Waals surface area contributed by atoms with Crippen LogP contribution in [0.4, 0.5) is 5.69 Å².